The van der Waals surface area contributed by atoms with Gasteiger partial charge in [-0.3, -0.25) is 0 Å². The van der Waals surface area contributed by atoms with Crippen LogP contribution in [0.25, 0.3) is 22.4 Å². The number of sulfonamides is 1. The molecule has 13 heteroatoms. The number of imidazole rings is 1. The molecule has 2 aromatic carbocycles. The lowest BCUT2D eigenvalue weighted by molar-refractivity contribution is -0.0310. The first kappa shape index (κ1) is 24.3. The summed E-state index contributed by atoms with van der Waals surface area (Å²) in [6.07, 6.45) is -1.06. The maximum absolute atomic E-state index is 15.2. The molecule has 2 N–H and O–H groups in total. The van der Waals surface area contributed by atoms with Gasteiger partial charge in [0.2, 0.25) is 10.0 Å². The summed E-state index contributed by atoms with van der Waals surface area (Å²) in [4.78, 5) is 17.4. The van der Waals surface area contributed by atoms with Crippen LogP contribution >= 0.6 is 11.6 Å². The Kier molecular flexibility index (Phi) is 6.51. The smallest absolute Gasteiger partial charge is 0.409 e. The van der Waals surface area contributed by atoms with Gasteiger partial charge in [-0.1, -0.05) is 11.6 Å². The zero-order chi connectivity index (χ0) is 24.8. The van der Waals surface area contributed by atoms with Gasteiger partial charge in [-0.05, 0) is 30.7 Å². The number of ether oxygens (including phenoxy) is 2. The Labute approximate surface area is 199 Å². The SMILES string of the molecule is COC(=O)N1CCO[C@@H](Cn2c(-c3c(F)cc(S(N)(=O)=O)cc3Cl)nc3cc(C)c(F)cc32)C1. The zero-order valence-corrected chi connectivity index (χ0v) is 19.8. The molecule has 2 heterocycles. The number of hydrogen-bond donors (Lipinski definition) is 1. The summed E-state index contributed by atoms with van der Waals surface area (Å²) in [6, 6.07) is 4.56. The van der Waals surface area contributed by atoms with E-state index in [4.69, 9.17) is 26.2 Å². The molecule has 0 saturated carbocycles. The quantitative estimate of drug-likeness (QED) is 0.572. The number of hydrogen-bond acceptors (Lipinski definition) is 6. The highest BCUT2D eigenvalue weighted by Gasteiger charge is 2.28. The van der Waals surface area contributed by atoms with Crippen LogP contribution in [0.3, 0.4) is 0 Å². The maximum Gasteiger partial charge on any atom is 0.409 e. The summed E-state index contributed by atoms with van der Waals surface area (Å²) < 4.78 is 65.0. The molecular formula is C21H21ClF2N4O5S. The summed E-state index contributed by atoms with van der Waals surface area (Å²) in [6.45, 7) is 2.41. The second-order valence-electron chi connectivity index (χ2n) is 7.85. The Hall–Kier alpha value is -2.80. The molecule has 9 nitrogen and oxygen atoms in total. The van der Waals surface area contributed by atoms with E-state index in [2.05, 4.69) is 4.98 Å². The first-order chi connectivity index (χ1) is 16.0. The first-order valence-corrected chi connectivity index (χ1v) is 12.0. The van der Waals surface area contributed by atoms with Crippen LogP contribution in [-0.2, 0) is 26.0 Å². The fourth-order valence-corrected chi connectivity index (χ4v) is 4.79. The van der Waals surface area contributed by atoms with Crippen molar-refractivity contribution < 1.29 is 31.5 Å². The van der Waals surface area contributed by atoms with Crippen molar-refractivity contribution in [3.05, 3.63) is 46.5 Å². The van der Waals surface area contributed by atoms with Crippen molar-refractivity contribution in [2.45, 2.75) is 24.5 Å². The number of halogens is 3. The van der Waals surface area contributed by atoms with E-state index in [9.17, 15) is 17.6 Å². The predicted molar refractivity (Wildman–Crippen MR) is 120 cm³/mol. The van der Waals surface area contributed by atoms with Gasteiger partial charge in [-0.2, -0.15) is 0 Å². The van der Waals surface area contributed by atoms with Crippen LogP contribution in [0, 0.1) is 18.6 Å². The minimum absolute atomic E-state index is 0.0438. The number of rotatable bonds is 4. The molecule has 0 aliphatic carbocycles. The van der Waals surface area contributed by atoms with Crippen LogP contribution in [-0.4, -0.2) is 61.9 Å². The normalized spacial score (nSPS) is 16.8. The lowest BCUT2D eigenvalue weighted by Crippen LogP contribution is -2.47. The highest BCUT2D eigenvalue weighted by atomic mass is 35.5. The van der Waals surface area contributed by atoms with E-state index in [1.165, 1.54) is 28.7 Å². The molecule has 34 heavy (non-hydrogen) atoms. The molecule has 1 aliphatic rings. The second-order valence-corrected chi connectivity index (χ2v) is 9.82. The molecule has 1 atom stereocenters. The number of nitrogens with two attached hydrogens (primary N) is 1. The lowest BCUT2D eigenvalue weighted by Gasteiger charge is -2.32. The van der Waals surface area contributed by atoms with Crippen molar-refractivity contribution in [2.75, 3.05) is 26.8 Å². The number of fused-ring (bicyclic) bond motifs is 1. The second kappa shape index (κ2) is 9.10. The van der Waals surface area contributed by atoms with Gasteiger partial charge in [-0.25, -0.2) is 32.1 Å². The fraction of sp³-hybridized carbons (Fsp3) is 0.333. The van der Waals surface area contributed by atoms with E-state index in [1.54, 1.807) is 6.92 Å². The van der Waals surface area contributed by atoms with Crippen LogP contribution in [0.1, 0.15) is 5.56 Å². The van der Waals surface area contributed by atoms with Gasteiger partial charge >= 0.3 is 6.09 Å². The van der Waals surface area contributed by atoms with Crippen LogP contribution in [0.5, 0.6) is 0 Å². The largest absolute Gasteiger partial charge is 0.453 e. The lowest BCUT2D eigenvalue weighted by atomic mass is 10.2. The number of morpholine rings is 1. The number of primary sulfonamides is 1. The molecule has 1 aromatic heterocycles. The van der Waals surface area contributed by atoms with Crippen molar-refractivity contribution in [1.82, 2.24) is 14.5 Å². The number of carbonyl (C=O) groups excluding carboxylic acids is 1. The fourth-order valence-electron chi connectivity index (χ4n) is 3.88. The van der Waals surface area contributed by atoms with Gasteiger partial charge in [0.25, 0.3) is 0 Å². The zero-order valence-electron chi connectivity index (χ0n) is 18.2. The minimum Gasteiger partial charge on any atom is -0.453 e. The van der Waals surface area contributed by atoms with Crippen LogP contribution < -0.4 is 5.14 Å². The molecule has 0 unspecified atom stereocenters. The predicted octanol–water partition coefficient (Wildman–Crippen LogP) is 3.06. The monoisotopic (exact) mass is 514 g/mol. The highest BCUT2D eigenvalue weighted by molar-refractivity contribution is 7.89. The standard InChI is InChI=1S/C21H21ClF2N4O5S/c1-11-5-17-18(8-15(11)23)28(10-12-9-27(3-4-33-12)21(29)32-2)20(26-17)19-14(22)6-13(7-16(19)24)34(25,30)31/h5-8,12H,3-4,9-10H2,1-2H3,(H2,25,30,31)/t12-/m1/s1. The van der Waals surface area contributed by atoms with Crippen LogP contribution in [0.2, 0.25) is 5.02 Å². The van der Waals surface area contributed by atoms with Crippen molar-refractivity contribution in [2.24, 2.45) is 5.14 Å². The van der Waals surface area contributed by atoms with Gasteiger partial charge in [0, 0.05) is 12.6 Å². The first-order valence-electron chi connectivity index (χ1n) is 10.1. The number of amides is 1. The van der Waals surface area contributed by atoms with Gasteiger partial charge in [-0.15, -0.1) is 0 Å². The average molecular weight is 515 g/mol. The topological polar surface area (TPSA) is 117 Å². The number of aromatic nitrogens is 2. The van der Waals surface area contributed by atoms with E-state index in [1.807, 2.05) is 0 Å². The van der Waals surface area contributed by atoms with Gasteiger partial charge in [0.05, 0.1) is 59.4 Å². The Morgan fingerprint density at radius 2 is 2.03 bits per heavy atom. The third-order valence-electron chi connectivity index (χ3n) is 5.55. The number of benzene rings is 2. The van der Waals surface area contributed by atoms with E-state index in [0.717, 1.165) is 12.1 Å². The minimum atomic E-state index is -4.20. The Balaban J connectivity index is 1.85. The third kappa shape index (κ3) is 4.58. The molecule has 4 rings (SSSR count). The molecular weight excluding hydrogens is 494 g/mol. The average Bonchev–Trinajstić information content (AvgIpc) is 3.09. The molecule has 3 aromatic rings. The van der Waals surface area contributed by atoms with Crippen molar-refractivity contribution >= 4 is 38.8 Å². The van der Waals surface area contributed by atoms with Gasteiger partial charge in [0.15, 0.2) is 0 Å². The van der Waals surface area contributed by atoms with E-state index >= 15 is 4.39 Å². The highest BCUT2D eigenvalue weighted by Crippen LogP contribution is 2.35. The van der Waals surface area contributed by atoms with E-state index in [-0.39, 0.29) is 36.1 Å². The number of aryl methyl sites for hydroxylation is 1. The van der Waals surface area contributed by atoms with Gasteiger partial charge < -0.3 is 18.9 Å². The molecule has 1 fully saturated rings. The maximum atomic E-state index is 15.2. The summed E-state index contributed by atoms with van der Waals surface area (Å²) in [7, 11) is -2.93. The summed E-state index contributed by atoms with van der Waals surface area (Å²) in [5.41, 5.74) is 0.887. The Morgan fingerprint density at radius 3 is 2.68 bits per heavy atom. The molecule has 182 valence electrons. The van der Waals surface area contributed by atoms with Gasteiger partial charge in [0.1, 0.15) is 17.5 Å². The van der Waals surface area contributed by atoms with E-state index < -0.39 is 38.8 Å². The summed E-state index contributed by atoms with van der Waals surface area (Å²) >= 11 is 6.28. The molecule has 0 spiro atoms. The number of methoxy groups -OCH3 is 1. The van der Waals surface area contributed by atoms with Crippen LogP contribution in [0.15, 0.2) is 29.2 Å². The van der Waals surface area contributed by atoms with E-state index in [0.29, 0.717) is 23.1 Å². The molecule has 0 radical (unpaired) electrons. The molecule has 1 amide bonds. The molecule has 1 saturated heterocycles. The third-order valence-corrected chi connectivity index (χ3v) is 6.75. The van der Waals surface area contributed by atoms with Crippen molar-refractivity contribution in [3.8, 4) is 11.4 Å². The number of nitrogens with zero attached hydrogens (tertiary/aromatic N) is 3. The van der Waals surface area contributed by atoms with Crippen molar-refractivity contribution in [3.63, 3.8) is 0 Å². The molecule has 1 aliphatic heterocycles. The molecule has 0 bridgehead atoms. The van der Waals surface area contributed by atoms with Crippen molar-refractivity contribution in [1.29, 1.82) is 0 Å². The summed E-state index contributed by atoms with van der Waals surface area (Å²) in [5.74, 6) is -1.41. The Bertz CT molecular complexity index is 1370. The Morgan fingerprint density at radius 1 is 1.29 bits per heavy atom. The summed E-state index contributed by atoms with van der Waals surface area (Å²) in [5, 5.41) is 4.87. The number of carbonyl (C=O) groups is 1. The van der Waals surface area contributed by atoms with Crippen LogP contribution in [0.4, 0.5) is 13.6 Å².